The molecule has 6 nitrogen and oxygen atoms in total. The zero-order valence-corrected chi connectivity index (χ0v) is 33.9. The Morgan fingerprint density at radius 3 is 1.52 bits per heavy atom. The number of para-hydroxylation sites is 3. The van der Waals surface area contributed by atoms with Crippen molar-refractivity contribution in [2.24, 2.45) is 0 Å². The van der Waals surface area contributed by atoms with Gasteiger partial charge in [0.15, 0.2) is 23.1 Å². The average molecular weight is 806 g/mol. The van der Waals surface area contributed by atoms with Crippen molar-refractivity contribution in [3.8, 4) is 56.7 Å². The van der Waals surface area contributed by atoms with Crippen LogP contribution in [-0.4, -0.2) is 24.1 Å². The molecule has 0 unspecified atom stereocenters. The Balaban J connectivity index is 1.03. The van der Waals surface area contributed by atoms with Gasteiger partial charge in [0.1, 0.15) is 5.58 Å². The van der Waals surface area contributed by atoms with E-state index in [1.54, 1.807) is 0 Å². The molecule has 0 aliphatic carbocycles. The second kappa shape index (κ2) is 14.0. The molecule has 0 fully saturated rings. The van der Waals surface area contributed by atoms with Crippen LogP contribution in [0.15, 0.2) is 217 Å². The minimum atomic E-state index is 0.606. The summed E-state index contributed by atoms with van der Waals surface area (Å²) in [7, 11) is 0. The van der Waals surface area contributed by atoms with E-state index >= 15 is 0 Å². The number of aromatic nitrogens is 5. The van der Waals surface area contributed by atoms with E-state index < -0.39 is 0 Å². The maximum absolute atomic E-state index is 7.03. The van der Waals surface area contributed by atoms with E-state index in [4.69, 9.17) is 19.4 Å². The zero-order valence-electron chi connectivity index (χ0n) is 33.9. The molecule has 4 heterocycles. The Morgan fingerprint density at radius 2 is 0.841 bits per heavy atom. The second-order valence-corrected chi connectivity index (χ2v) is 16.0. The molecule has 6 heteroatoms. The van der Waals surface area contributed by atoms with Crippen LogP contribution in [0.25, 0.3) is 122 Å². The van der Waals surface area contributed by atoms with Crippen molar-refractivity contribution in [3.05, 3.63) is 212 Å². The van der Waals surface area contributed by atoms with Crippen LogP contribution in [0.4, 0.5) is 0 Å². The predicted molar refractivity (Wildman–Crippen MR) is 258 cm³/mol. The van der Waals surface area contributed by atoms with Crippen LogP contribution in [0.1, 0.15) is 0 Å². The molecule has 9 aromatic carbocycles. The fraction of sp³-hybridized carbons (Fsp3) is 0. The highest BCUT2D eigenvalue weighted by molar-refractivity contribution is 6.23. The van der Waals surface area contributed by atoms with Crippen molar-refractivity contribution in [3.63, 3.8) is 0 Å². The summed E-state index contributed by atoms with van der Waals surface area (Å²) in [6.07, 6.45) is 0. The maximum atomic E-state index is 7.03. The Bertz CT molecular complexity index is 3830. The molecule has 0 N–H and O–H groups in total. The monoisotopic (exact) mass is 805 g/mol. The molecule has 13 aromatic rings. The third kappa shape index (κ3) is 5.55. The van der Waals surface area contributed by atoms with Gasteiger partial charge in [0, 0.05) is 49.3 Å². The number of hydrogen-bond acceptors (Lipinski definition) is 4. The maximum Gasteiger partial charge on any atom is 0.164 e. The molecule has 0 saturated carbocycles. The van der Waals surface area contributed by atoms with Gasteiger partial charge in [0.25, 0.3) is 0 Å². The van der Waals surface area contributed by atoms with Crippen LogP contribution < -0.4 is 0 Å². The molecule has 0 aliphatic heterocycles. The minimum absolute atomic E-state index is 0.606. The van der Waals surface area contributed by atoms with Crippen LogP contribution >= 0.6 is 0 Å². The lowest BCUT2D eigenvalue weighted by atomic mass is 10.0. The Labute approximate surface area is 361 Å². The summed E-state index contributed by atoms with van der Waals surface area (Å²) in [6.45, 7) is 0. The van der Waals surface area contributed by atoms with Crippen LogP contribution in [0, 0.1) is 0 Å². The fourth-order valence-corrected chi connectivity index (χ4v) is 9.51. The normalized spacial score (nSPS) is 11.8. The zero-order chi connectivity index (χ0) is 41.4. The highest BCUT2D eigenvalue weighted by Crippen LogP contribution is 2.44. The number of furan rings is 1. The van der Waals surface area contributed by atoms with Crippen LogP contribution in [0.5, 0.6) is 0 Å². The number of benzene rings is 9. The molecule has 0 amide bonds. The van der Waals surface area contributed by atoms with Gasteiger partial charge in [-0.3, -0.25) is 0 Å². The smallest absolute Gasteiger partial charge is 0.164 e. The van der Waals surface area contributed by atoms with E-state index in [1.807, 2.05) is 36.4 Å². The molecule has 0 aliphatic rings. The van der Waals surface area contributed by atoms with Crippen LogP contribution in [0.2, 0.25) is 0 Å². The largest absolute Gasteiger partial charge is 0.454 e. The first-order valence-corrected chi connectivity index (χ1v) is 21.2. The second-order valence-electron chi connectivity index (χ2n) is 16.0. The lowest BCUT2D eigenvalue weighted by Gasteiger charge is -2.10. The number of fused-ring (bicyclic) bond motifs is 10. The molecule has 0 saturated heterocycles. The van der Waals surface area contributed by atoms with Gasteiger partial charge in [-0.1, -0.05) is 152 Å². The number of hydrogen-bond donors (Lipinski definition) is 0. The summed E-state index contributed by atoms with van der Waals surface area (Å²) in [5.74, 6) is 1.85. The number of rotatable bonds is 6. The van der Waals surface area contributed by atoms with E-state index in [9.17, 15) is 0 Å². The summed E-state index contributed by atoms with van der Waals surface area (Å²) < 4.78 is 11.8. The van der Waals surface area contributed by atoms with E-state index in [-0.39, 0.29) is 0 Å². The van der Waals surface area contributed by atoms with Gasteiger partial charge >= 0.3 is 0 Å². The van der Waals surface area contributed by atoms with E-state index in [2.05, 4.69) is 185 Å². The molecule has 13 rings (SSSR count). The van der Waals surface area contributed by atoms with Crippen molar-refractivity contribution in [2.75, 3.05) is 0 Å². The van der Waals surface area contributed by atoms with E-state index in [0.29, 0.717) is 17.5 Å². The highest BCUT2D eigenvalue weighted by Gasteiger charge is 2.23. The van der Waals surface area contributed by atoms with Gasteiger partial charge < -0.3 is 13.6 Å². The minimum Gasteiger partial charge on any atom is -0.454 e. The third-order valence-corrected chi connectivity index (χ3v) is 12.4. The van der Waals surface area contributed by atoms with E-state index in [0.717, 1.165) is 94.0 Å². The first-order chi connectivity index (χ1) is 31.2. The van der Waals surface area contributed by atoms with Gasteiger partial charge in [-0.05, 0) is 71.8 Å². The molecule has 294 valence electrons. The van der Waals surface area contributed by atoms with Crippen molar-refractivity contribution in [2.45, 2.75) is 0 Å². The van der Waals surface area contributed by atoms with Crippen LogP contribution in [0.3, 0.4) is 0 Å². The molecule has 0 radical (unpaired) electrons. The Hall–Kier alpha value is -8.61. The highest BCUT2D eigenvalue weighted by atomic mass is 16.3. The average Bonchev–Trinajstić information content (AvgIpc) is 4.02. The molecule has 4 aromatic heterocycles. The Kier molecular flexibility index (Phi) is 7.80. The van der Waals surface area contributed by atoms with Crippen molar-refractivity contribution in [1.82, 2.24) is 24.1 Å². The third-order valence-electron chi connectivity index (χ3n) is 12.4. The molecule has 0 atom stereocenters. The van der Waals surface area contributed by atoms with Crippen molar-refractivity contribution < 1.29 is 4.42 Å². The fourth-order valence-electron chi connectivity index (χ4n) is 9.51. The summed E-state index contributed by atoms with van der Waals surface area (Å²) in [4.78, 5) is 15.3. The lowest BCUT2D eigenvalue weighted by molar-refractivity contribution is 0.671. The summed E-state index contributed by atoms with van der Waals surface area (Å²) in [5.41, 5.74) is 13.3. The van der Waals surface area contributed by atoms with Crippen LogP contribution in [-0.2, 0) is 0 Å². The molecule has 0 bridgehead atoms. The predicted octanol–water partition coefficient (Wildman–Crippen LogP) is 14.6. The van der Waals surface area contributed by atoms with Crippen molar-refractivity contribution in [1.29, 1.82) is 0 Å². The molecule has 0 spiro atoms. The molecule has 63 heavy (non-hydrogen) atoms. The number of nitrogens with zero attached hydrogens (tertiary/aromatic N) is 5. The quantitative estimate of drug-likeness (QED) is 0.168. The molecular formula is C57H35N5O. The van der Waals surface area contributed by atoms with Gasteiger partial charge in [0.2, 0.25) is 0 Å². The van der Waals surface area contributed by atoms with Gasteiger partial charge in [-0.25, -0.2) is 15.0 Å². The summed E-state index contributed by atoms with van der Waals surface area (Å²) in [6, 6.07) is 74.3. The SMILES string of the molecule is c1ccc(-c2ccc(-c3nc(-c4ccccc4)nc(-c4ccc5c(c4)c4ccc6c(oc7cccc(-n8c9ccccc9c9ccccc98)c76)c4n5-c4ccccc4)n3)cc2)cc1. The summed E-state index contributed by atoms with van der Waals surface area (Å²) in [5, 5.41) is 6.74. The topological polar surface area (TPSA) is 61.7 Å². The standard InChI is InChI=1S/C57H35N5O/c1-4-15-36(16-5-1)37-27-29-39(30-28-37)56-58-55(38-17-6-2-7-18-38)59-57(60-56)40-31-34-49-46(35-40)44-32-33-45-52-50(62-47-23-12-10-21-42(47)43-22-11-13-24-48(43)62)25-14-26-51(52)63-54(45)53(44)61(49)41-19-8-3-9-20-41/h1-35H. The first-order valence-electron chi connectivity index (χ1n) is 21.2. The lowest BCUT2D eigenvalue weighted by Crippen LogP contribution is -2.00. The molecular weight excluding hydrogens is 771 g/mol. The first kappa shape index (κ1) is 35.2. The van der Waals surface area contributed by atoms with E-state index in [1.165, 1.54) is 10.8 Å². The van der Waals surface area contributed by atoms with Crippen molar-refractivity contribution >= 4 is 65.6 Å². The van der Waals surface area contributed by atoms with Gasteiger partial charge in [-0.2, -0.15) is 0 Å². The summed E-state index contributed by atoms with van der Waals surface area (Å²) >= 11 is 0. The Morgan fingerprint density at radius 1 is 0.333 bits per heavy atom. The van der Waals surface area contributed by atoms with Gasteiger partial charge in [0.05, 0.1) is 33.1 Å². The van der Waals surface area contributed by atoms with Gasteiger partial charge in [-0.15, -0.1) is 0 Å².